The van der Waals surface area contributed by atoms with Crippen LogP contribution in [-0.2, 0) is 32.7 Å². The second kappa shape index (κ2) is 54.2. The molecule has 0 spiro atoms. The highest BCUT2D eigenvalue weighted by molar-refractivity contribution is 7.45. The Hall–Kier alpha value is -3.59. The van der Waals surface area contributed by atoms with Crippen LogP contribution in [0.25, 0.3) is 0 Å². The predicted molar refractivity (Wildman–Crippen MR) is 314 cm³/mol. The number of likely N-dealkylation sites (N-methyl/N-ethyl adjacent to an activating group) is 1. The smallest absolute Gasteiger partial charge is 0.306 e. The van der Waals surface area contributed by atoms with Crippen LogP contribution >= 0.6 is 7.82 Å². The molecule has 0 bridgehead atoms. The van der Waals surface area contributed by atoms with E-state index in [1.807, 2.05) is 21.1 Å². The Morgan fingerprint density at radius 1 is 0.432 bits per heavy atom. The third kappa shape index (κ3) is 57.7. The van der Waals surface area contributed by atoms with Gasteiger partial charge in [0.25, 0.3) is 7.82 Å². The first-order chi connectivity index (χ1) is 36.0. The van der Waals surface area contributed by atoms with Gasteiger partial charge in [0.05, 0.1) is 27.7 Å². The van der Waals surface area contributed by atoms with E-state index in [4.69, 9.17) is 18.5 Å². The summed E-state index contributed by atoms with van der Waals surface area (Å²) in [6.07, 6.45) is 76.7. The Morgan fingerprint density at radius 2 is 0.770 bits per heavy atom. The van der Waals surface area contributed by atoms with Gasteiger partial charge in [0.2, 0.25) is 0 Å². The van der Waals surface area contributed by atoms with Crippen molar-refractivity contribution in [3.8, 4) is 0 Å². The van der Waals surface area contributed by atoms with E-state index in [1.54, 1.807) is 0 Å². The fraction of sp³-hybridized carbons (Fsp3) is 0.656. The van der Waals surface area contributed by atoms with Crippen molar-refractivity contribution in [3.05, 3.63) is 122 Å². The first-order valence-electron chi connectivity index (χ1n) is 29.2. The van der Waals surface area contributed by atoms with E-state index in [0.717, 1.165) is 103 Å². The van der Waals surface area contributed by atoms with Crippen molar-refractivity contribution in [1.82, 2.24) is 0 Å². The molecule has 9 nitrogen and oxygen atoms in total. The summed E-state index contributed by atoms with van der Waals surface area (Å²) < 4.78 is 34.1. The minimum atomic E-state index is -4.66. The zero-order valence-electron chi connectivity index (χ0n) is 47.7. The lowest BCUT2D eigenvalue weighted by Crippen LogP contribution is -2.37. The van der Waals surface area contributed by atoms with Crippen LogP contribution in [0.15, 0.2) is 122 Å². The highest BCUT2D eigenvalue weighted by atomic mass is 31.2. The molecule has 0 N–H and O–H groups in total. The van der Waals surface area contributed by atoms with Crippen LogP contribution in [0.5, 0.6) is 0 Å². The zero-order chi connectivity index (χ0) is 54.2. The highest BCUT2D eigenvalue weighted by Gasteiger charge is 2.21. The minimum Gasteiger partial charge on any atom is -0.756 e. The summed E-state index contributed by atoms with van der Waals surface area (Å²) in [5.41, 5.74) is 0. The number of carbonyl (C=O) groups excluding carboxylic acids is 2. The molecule has 0 fully saturated rings. The SMILES string of the molecule is CC/C=C\C/C=C\C/C=C\C/C=C\C/C=C\C/C=C\C/C=C\CCCCCC(=O)OC(COC(=O)CCCCCCCCCCCC/C=C\C/C=C\C/C=C\CCCCCCC)COP(=O)([O-])OCC[N+](C)(C)C. The maximum Gasteiger partial charge on any atom is 0.306 e. The normalized spacial score (nSPS) is 14.2. The number of quaternary nitrogens is 1. The molecular weight excluding hydrogens is 942 g/mol. The second-order valence-electron chi connectivity index (χ2n) is 20.3. The fourth-order valence-corrected chi connectivity index (χ4v) is 8.19. The van der Waals surface area contributed by atoms with E-state index in [-0.39, 0.29) is 26.1 Å². The molecule has 422 valence electrons. The summed E-state index contributed by atoms with van der Waals surface area (Å²) >= 11 is 0. The Kier molecular flexibility index (Phi) is 51.6. The molecule has 0 aliphatic rings. The van der Waals surface area contributed by atoms with Gasteiger partial charge < -0.3 is 27.9 Å². The topological polar surface area (TPSA) is 111 Å². The molecule has 0 aromatic rings. The number of phosphoric acid groups is 1. The average Bonchev–Trinajstić information content (AvgIpc) is 3.36. The van der Waals surface area contributed by atoms with Crippen molar-refractivity contribution in [3.63, 3.8) is 0 Å². The van der Waals surface area contributed by atoms with Crippen LogP contribution in [0.2, 0.25) is 0 Å². The standard InChI is InChI=1S/C64H108NO8P/c1-6-8-10-12-14-16-18-20-22-24-26-28-30-32-34-36-38-40-42-44-46-48-50-52-54-56-63(66)70-60-62(61-72-74(68,69)71-59-58-65(3,4)5)73-64(67)57-55-53-51-49-47-45-43-41-39-37-35-33-31-29-27-25-23-21-19-17-15-13-11-9-7-2/h9,11,15,17-18,20-21,23-24,26-27,29-30,32-33,35,39,41,45,47,62H,6-8,10,12-14,16,19,22,25,28,31,34,36-38,40,42-44,46,48-61H2,1-5H3/b11-9-,17-15-,20-18-,23-21-,26-24-,29-27-,32-30-,35-33-,41-39-,47-45-. The Balaban J connectivity index is 4.29. The lowest BCUT2D eigenvalue weighted by molar-refractivity contribution is -0.870. The number of hydrogen-bond donors (Lipinski definition) is 0. The van der Waals surface area contributed by atoms with Crippen molar-refractivity contribution < 1.29 is 42.1 Å². The van der Waals surface area contributed by atoms with Crippen molar-refractivity contribution in [2.75, 3.05) is 47.5 Å². The van der Waals surface area contributed by atoms with Crippen molar-refractivity contribution in [1.29, 1.82) is 0 Å². The summed E-state index contributed by atoms with van der Waals surface area (Å²) in [5, 5.41) is 0. The molecule has 2 unspecified atom stereocenters. The van der Waals surface area contributed by atoms with Crippen LogP contribution in [-0.4, -0.2) is 70.0 Å². The zero-order valence-corrected chi connectivity index (χ0v) is 48.6. The average molecular weight is 1050 g/mol. The van der Waals surface area contributed by atoms with Crippen molar-refractivity contribution in [2.24, 2.45) is 0 Å². The maximum atomic E-state index is 12.8. The van der Waals surface area contributed by atoms with E-state index >= 15 is 0 Å². The van der Waals surface area contributed by atoms with Gasteiger partial charge in [-0.15, -0.1) is 0 Å². The molecule has 0 heterocycles. The third-order valence-electron chi connectivity index (χ3n) is 12.0. The van der Waals surface area contributed by atoms with Crippen LogP contribution in [0.3, 0.4) is 0 Å². The van der Waals surface area contributed by atoms with Crippen LogP contribution in [0.4, 0.5) is 0 Å². The molecule has 74 heavy (non-hydrogen) atoms. The molecule has 0 radical (unpaired) electrons. The Bertz CT molecular complexity index is 1660. The monoisotopic (exact) mass is 1050 g/mol. The molecule has 0 amide bonds. The number of ether oxygens (including phenoxy) is 2. The van der Waals surface area contributed by atoms with Gasteiger partial charge in [0.1, 0.15) is 19.8 Å². The number of hydrogen-bond acceptors (Lipinski definition) is 8. The molecule has 0 aliphatic heterocycles. The van der Waals surface area contributed by atoms with Crippen LogP contribution in [0.1, 0.15) is 219 Å². The Morgan fingerprint density at radius 3 is 1.16 bits per heavy atom. The number of carbonyl (C=O) groups is 2. The molecule has 0 aromatic heterocycles. The van der Waals surface area contributed by atoms with Crippen LogP contribution in [0, 0.1) is 0 Å². The molecule has 0 aliphatic carbocycles. The summed E-state index contributed by atoms with van der Waals surface area (Å²) in [4.78, 5) is 37.9. The fourth-order valence-electron chi connectivity index (χ4n) is 7.47. The lowest BCUT2D eigenvalue weighted by atomic mass is 10.1. The van der Waals surface area contributed by atoms with Gasteiger partial charge in [-0.1, -0.05) is 219 Å². The van der Waals surface area contributed by atoms with Gasteiger partial charge in [-0.25, -0.2) is 0 Å². The lowest BCUT2D eigenvalue weighted by Gasteiger charge is -2.28. The van der Waals surface area contributed by atoms with E-state index in [2.05, 4.69) is 135 Å². The summed E-state index contributed by atoms with van der Waals surface area (Å²) in [7, 11) is 1.12. The van der Waals surface area contributed by atoms with Gasteiger partial charge in [-0.3, -0.25) is 14.2 Å². The van der Waals surface area contributed by atoms with Crippen molar-refractivity contribution in [2.45, 2.75) is 225 Å². The largest absolute Gasteiger partial charge is 0.756 e. The number of rotatable bonds is 52. The van der Waals surface area contributed by atoms with E-state index in [1.165, 1.54) is 77.0 Å². The van der Waals surface area contributed by atoms with Gasteiger partial charge in [-0.05, 0) is 109 Å². The second-order valence-corrected chi connectivity index (χ2v) is 21.7. The van der Waals surface area contributed by atoms with E-state index < -0.39 is 32.5 Å². The molecule has 10 heteroatoms. The molecule has 0 saturated carbocycles. The number of nitrogens with zero attached hydrogens (tertiary/aromatic N) is 1. The van der Waals surface area contributed by atoms with E-state index in [0.29, 0.717) is 23.9 Å². The molecule has 0 saturated heterocycles. The number of esters is 2. The first kappa shape index (κ1) is 70.4. The van der Waals surface area contributed by atoms with Crippen molar-refractivity contribution >= 4 is 19.8 Å². The summed E-state index contributed by atoms with van der Waals surface area (Å²) in [6.45, 7) is 4.06. The summed E-state index contributed by atoms with van der Waals surface area (Å²) in [5.74, 6) is -0.884. The number of unbranched alkanes of at least 4 members (excludes halogenated alkanes) is 18. The molecule has 2 atom stereocenters. The molecule has 0 aromatic carbocycles. The van der Waals surface area contributed by atoms with Crippen LogP contribution < -0.4 is 4.89 Å². The minimum absolute atomic E-state index is 0.0454. The van der Waals surface area contributed by atoms with Gasteiger partial charge in [-0.2, -0.15) is 0 Å². The molecular formula is C64H108NO8P. The maximum absolute atomic E-state index is 12.8. The van der Waals surface area contributed by atoms with E-state index in [9.17, 15) is 19.0 Å². The number of allylic oxidation sites excluding steroid dienone is 20. The van der Waals surface area contributed by atoms with Gasteiger partial charge >= 0.3 is 11.9 Å². The Labute approximate surface area is 454 Å². The predicted octanol–water partition coefficient (Wildman–Crippen LogP) is 17.7. The highest BCUT2D eigenvalue weighted by Crippen LogP contribution is 2.38. The number of phosphoric ester groups is 1. The summed E-state index contributed by atoms with van der Waals surface area (Å²) in [6, 6.07) is 0. The third-order valence-corrected chi connectivity index (χ3v) is 12.9. The molecule has 0 rings (SSSR count). The first-order valence-corrected chi connectivity index (χ1v) is 30.7. The quantitative estimate of drug-likeness (QED) is 0.0195. The van der Waals surface area contributed by atoms with Gasteiger partial charge in [0, 0.05) is 12.8 Å². The van der Waals surface area contributed by atoms with Gasteiger partial charge in [0.15, 0.2) is 6.10 Å².